The first kappa shape index (κ1) is 12.0. The standard InChI is InChI=1S/C12H14N4O2/c13-15-9-3-1-7(5-11(9)17)8-2-4-10(16-14)12(18)6-8/h1-6,15-18H,13-14H2. The molecule has 0 spiro atoms. The largest absolute Gasteiger partial charge is 0.506 e. The molecule has 94 valence electrons. The Balaban J connectivity index is 2.42. The third kappa shape index (κ3) is 2.15. The molecule has 0 aromatic heterocycles. The Morgan fingerprint density at radius 3 is 1.39 bits per heavy atom. The number of phenolic OH excluding ortho intramolecular Hbond substituents is 2. The SMILES string of the molecule is NNc1ccc(-c2ccc(NN)c(O)c2)cc1O. The summed E-state index contributed by atoms with van der Waals surface area (Å²) < 4.78 is 0. The first-order valence-electron chi connectivity index (χ1n) is 5.25. The van der Waals surface area contributed by atoms with Gasteiger partial charge in [0.15, 0.2) is 0 Å². The summed E-state index contributed by atoms with van der Waals surface area (Å²) in [5.74, 6) is 10.5. The molecule has 8 N–H and O–H groups in total. The molecule has 18 heavy (non-hydrogen) atoms. The molecule has 0 radical (unpaired) electrons. The van der Waals surface area contributed by atoms with Gasteiger partial charge < -0.3 is 21.1 Å². The Hall–Kier alpha value is -2.44. The van der Waals surface area contributed by atoms with Crippen molar-refractivity contribution < 1.29 is 10.2 Å². The Bertz CT molecular complexity index is 520. The van der Waals surface area contributed by atoms with E-state index in [1.54, 1.807) is 36.4 Å². The molecule has 0 heterocycles. The van der Waals surface area contributed by atoms with Gasteiger partial charge in [-0.2, -0.15) is 0 Å². The van der Waals surface area contributed by atoms with Gasteiger partial charge in [0.05, 0.1) is 11.4 Å². The van der Waals surface area contributed by atoms with E-state index in [1.165, 1.54) is 0 Å². The molecule has 0 bridgehead atoms. The van der Waals surface area contributed by atoms with Crippen molar-refractivity contribution in [2.24, 2.45) is 11.7 Å². The average molecular weight is 246 g/mol. The number of aromatic hydroxyl groups is 2. The highest BCUT2D eigenvalue weighted by Crippen LogP contribution is 2.33. The van der Waals surface area contributed by atoms with Gasteiger partial charge in [-0.15, -0.1) is 0 Å². The second kappa shape index (κ2) is 4.82. The zero-order chi connectivity index (χ0) is 13.1. The summed E-state index contributed by atoms with van der Waals surface area (Å²) in [5, 5.41) is 19.4. The summed E-state index contributed by atoms with van der Waals surface area (Å²) in [7, 11) is 0. The van der Waals surface area contributed by atoms with Crippen molar-refractivity contribution in [2.45, 2.75) is 0 Å². The van der Waals surface area contributed by atoms with Crippen LogP contribution in [0.1, 0.15) is 0 Å². The molecule has 0 aliphatic rings. The molecular formula is C12H14N4O2. The number of anilines is 2. The van der Waals surface area contributed by atoms with E-state index in [1.807, 2.05) is 0 Å². The molecule has 0 saturated heterocycles. The van der Waals surface area contributed by atoms with Crippen LogP contribution in [-0.4, -0.2) is 10.2 Å². The first-order chi connectivity index (χ1) is 8.65. The zero-order valence-corrected chi connectivity index (χ0v) is 9.51. The molecular weight excluding hydrogens is 232 g/mol. The lowest BCUT2D eigenvalue weighted by molar-refractivity contribution is 0.476. The topological polar surface area (TPSA) is 117 Å². The minimum atomic E-state index is 0.0375. The molecule has 0 unspecified atom stereocenters. The average Bonchev–Trinajstić information content (AvgIpc) is 2.38. The van der Waals surface area contributed by atoms with Gasteiger partial charge in [-0.1, -0.05) is 12.1 Å². The maximum Gasteiger partial charge on any atom is 0.140 e. The highest BCUT2D eigenvalue weighted by molar-refractivity contribution is 5.74. The Kier molecular flexibility index (Phi) is 3.22. The second-order valence-electron chi connectivity index (χ2n) is 3.75. The fraction of sp³-hybridized carbons (Fsp3) is 0. The maximum atomic E-state index is 9.69. The highest BCUT2D eigenvalue weighted by Gasteiger charge is 2.06. The molecule has 2 rings (SSSR count). The molecule has 0 amide bonds. The molecule has 2 aromatic rings. The van der Waals surface area contributed by atoms with Crippen LogP contribution in [0.25, 0.3) is 11.1 Å². The maximum absolute atomic E-state index is 9.69. The van der Waals surface area contributed by atoms with Crippen molar-refractivity contribution in [3.8, 4) is 22.6 Å². The van der Waals surface area contributed by atoms with Gasteiger partial charge in [0.2, 0.25) is 0 Å². The van der Waals surface area contributed by atoms with Gasteiger partial charge in [-0.3, -0.25) is 11.7 Å². The minimum Gasteiger partial charge on any atom is -0.506 e. The summed E-state index contributed by atoms with van der Waals surface area (Å²) >= 11 is 0. The van der Waals surface area contributed by atoms with Crippen LogP contribution in [0.3, 0.4) is 0 Å². The Morgan fingerprint density at radius 2 is 1.11 bits per heavy atom. The van der Waals surface area contributed by atoms with Crippen molar-refractivity contribution in [1.29, 1.82) is 0 Å². The van der Waals surface area contributed by atoms with Crippen molar-refractivity contribution >= 4 is 11.4 Å². The quantitative estimate of drug-likeness (QED) is 0.276. The molecule has 6 nitrogen and oxygen atoms in total. The van der Waals surface area contributed by atoms with E-state index in [2.05, 4.69) is 10.9 Å². The number of nitrogen functional groups attached to an aromatic ring is 2. The van der Waals surface area contributed by atoms with E-state index in [0.29, 0.717) is 11.4 Å². The normalized spacial score (nSPS) is 10.1. The van der Waals surface area contributed by atoms with Crippen LogP contribution in [0.5, 0.6) is 11.5 Å². The van der Waals surface area contributed by atoms with Gasteiger partial charge in [-0.05, 0) is 35.4 Å². The number of benzene rings is 2. The number of nitrogens with one attached hydrogen (secondary N) is 2. The van der Waals surface area contributed by atoms with Gasteiger partial charge in [0, 0.05) is 0 Å². The fourth-order valence-electron chi connectivity index (χ4n) is 1.67. The van der Waals surface area contributed by atoms with E-state index in [9.17, 15) is 10.2 Å². The zero-order valence-electron chi connectivity index (χ0n) is 9.51. The van der Waals surface area contributed by atoms with E-state index in [4.69, 9.17) is 11.7 Å². The fourth-order valence-corrected chi connectivity index (χ4v) is 1.67. The minimum absolute atomic E-state index is 0.0375. The summed E-state index contributed by atoms with van der Waals surface area (Å²) in [6, 6.07) is 9.96. The van der Waals surface area contributed by atoms with E-state index in [-0.39, 0.29) is 11.5 Å². The summed E-state index contributed by atoms with van der Waals surface area (Å²) in [6.07, 6.45) is 0. The summed E-state index contributed by atoms with van der Waals surface area (Å²) in [4.78, 5) is 0. The van der Waals surface area contributed by atoms with Crippen LogP contribution in [0.2, 0.25) is 0 Å². The number of nitrogens with two attached hydrogens (primary N) is 2. The van der Waals surface area contributed by atoms with E-state index < -0.39 is 0 Å². The number of rotatable bonds is 3. The van der Waals surface area contributed by atoms with Gasteiger partial charge in [0.25, 0.3) is 0 Å². The van der Waals surface area contributed by atoms with E-state index in [0.717, 1.165) is 11.1 Å². The number of hydrazine groups is 2. The van der Waals surface area contributed by atoms with Crippen molar-refractivity contribution in [2.75, 3.05) is 10.9 Å². The monoisotopic (exact) mass is 246 g/mol. The van der Waals surface area contributed by atoms with Crippen molar-refractivity contribution in [1.82, 2.24) is 0 Å². The van der Waals surface area contributed by atoms with Crippen LogP contribution in [-0.2, 0) is 0 Å². The molecule has 0 atom stereocenters. The van der Waals surface area contributed by atoms with Gasteiger partial charge in [0.1, 0.15) is 11.5 Å². The third-order valence-corrected chi connectivity index (χ3v) is 2.64. The van der Waals surface area contributed by atoms with Crippen LogP contribution >= 0.6 is 0 Å². The molecule has 0 saturated carbocycles. The summed E-state index contributed by atoms with van der Waals surface area (Å²) in [6.45, 7) is 0. The lowest BCUT2D eigenvalue weighted by atomic mass is 10.0. The molecule has 6 heteroatoms. The highest BCUT2D eigenvalue weighted by atomic mass is 16.3. The lowest BCUT2D eigenvalue weighted by Crippen LogP contribution is -2.07. The number of phenols is 2. The molecule has 0 aliphatic carbocycles. The van der Waals surface area contributed by atoms with Crippen molar-refractivity contribution in [3.05, 3.63) is 36.4 Å². The number of hydrogen-bond acceptors (Lipinski definition) is 6. The second-order valence-corrected chi connectivity index (χ2v) is 3.75. The van der Waals surface area contributed by atoms with E-state index >= 15 is 0 Å². The predicted octanol–water partition coefficient (Wildman–Crippen LogP) is 1.34. The first-order valence-corrected chi connectivity index (χ1v) is 5.25. The molecule has 2 aromatic carbocycles. The lowest BCUT2D eigenvalue weighted by Gasteiger charge is -2.09. The van der Waals surface area contributed by atoms with Gasteiger partial charge in [-0.25, -0.2) is 0 Å². The van der Waals surface area contributed by atoms with Crippen LogP contribution in [0, 0.1) is 0 Å². The van der Waals surface area contributed by atoms with Gasteiger partial charge >= 0.3 is 0 Å². The number of hydrogen-bond donors (Lipinski definition) is 6. The smallest absolute Gasteiger partial charge is 0.140 e. The summed E-state index contributed by atoms with van der Waals surface area (Å²) in [5.41, 5.74) is 7.13. The van der Waals surface area contributed by atoms with Crippen LogP contribution in [0.15, 0.2) is 36.4 Å². The Morgan fingerprint density at radius 1 is 0.722 bits per heavy atom. The Labute approximate surface area is 104 Å². The van der Waals surface area contributed by atoms with Crippen LogP contribution < -0.4 is 22.5 Å². The third-order valence-electron chi connectivity index (χ3n) is 2.64. The molecule has 0 aliphatic heterocycles. The predicted molar refractivity (Wildman–Crippen MR) is 70.8 cm³/mol. The molecule has 0 fully saturated rings. The van der Waals surface area contributed by atoms with Crippen molar-refractivity contribution in [3.63, 3.8) is 0 Å². The van der Waals surface area contributed by atoms with Crippen LogP contribution in [0.4, 0.5) is 11.4 Å².